The molecule has 4 rings (SSSR count). The van der Waals surface area contributed by atoms with Gasteiger partial charge in [0.05, 0.1) is 24.2 Å². The van der Waals surface area contributed by atoms with E-state index in [4.69, 9.17) is 16.0 Å². The van der Waals surface area contributed by atoms with Crippen molar-refractivity contribution in [2.45, 2.75) is 38.7 Å². The Balaban J connectivity index is 1.55. The molecule has 2 aliphatic rings. The summed E-state index contributed by atoms with van der Waals surface area (Å²) in [5, 5.41) is 14.8. The van der Waals surface area contributed by atoms with E-state index in [1.807, 2.05) is 19.1 Å². The van der Waals surface area contributed by atoms with E-state index in [0.717, 1.165) is 22.9 Å². The number of nitrogens with one attached hydrogen (secondary N) is 1. The van der Waals surface area contributed by atoms with Gasteiger partial charge in [0.2, 0.25) is 11.8 Å². The molecule has 0 bridgehead atoms. The maximum atomic E-state index is 12.9. The van der Waals surface area contributed by atoms with Crippen LogP contribution >= 0.6 is 11.6 Å². The van der Waals surface area contributed by atoms with Gasteiger partial charge in [-0.15, -0.1) is 0 Å². The van der Waals surface area contributed by atoms with Gasteiger partial charge in [0.25, 0.3) is 0 Å². The number of nitrogens with zero attached hydrogens (tertiary/aromatic N) is 1. The van der Waals surface area contributed by atoms with Crippen LogP contribution in [-0.2, 0) is 16.0 Å². The van der Waals surface area contributed by atoms with Crippen LogP contribution in [-0.4, -0.2) is 47.6 Å². The summed E-state index contributed by atoms with van der Waals surface area (Å²) in [5.74, 6) is -0.214. The Morgan fingerprint density at radius 1 is 1.48 bits per heavy atom. The van der Waals surface area contributed by atoms with E-state index in [0.29, 0.717) is 36.5 Å². The van der Waals surface area contributed by atoms with Gasteiger partial charge in [0.1, 0.15) is 5.58 Å². The van der Waals surface area contributed by atoms with Crippen molar-refractivity contribution in [2.24, 2.45) is 5.41 Å². The molecular formula is C20H23ClN2O4. The normalized spacial score (nSPS) is 25.8. The predicted molar refractivity (Wildman–Crippen MR) is 102 cm³/mol. The Kier molecular flexibility index (Phi) is 4.64. The van der Waals surface area contributed by atoms with Crippen molar-refractivity contribution < 1.29 is 19.1 Å². The molecule has 2 amide bonds. The van der Waals surface area contributed by atoms with Crippen molar-refractivity contribution in [1.82, 2.24) is 10.2 Å². The van der Waals surface area contributed by atoms with Gasteiger partial charge in [-0.05, 0) is 43.9 Å². The second-order valence-corrected chi connectivity index (χ2v) is 8.08. The highest BCUT2D eigenvalue weighted by molar-refractivity contribution is 6.32. The van der Waals surface area contributed by atoms with Crippen molar-refractivity contribution in [3.05, 3.63) is 34.5 Å². The molecule has 1 aromatic carbocycles. The van der Waals surface area contributed by atoms with E-state index in [2.05, 4.69) is 5.32 Å². The number of piperidine rings is 2. The molecule has 0 aliphatic carbocycles. The molecular weight excluding hydrogens is 368 g/mol. The highest BCUT2D eigenvalue weighted by atomic mass is 35.5. The van der Waals surface area contributed by atoms with Crippen LogP contribution in [0.1, 0.15) is 30.4 Å². The summed E-state index contributed by atoms with van der Waals surface area (Å²) in [6, 6.07) is 3.69. The minimum absolute atomic E-state index is 0.0703. The van der Waals surface area contributed by atoms with E-state index < -0.39 is 11.5 Å². The van der Waals surface area contributed by atoms with Gasteiger partial charge in [-0.25, -0.2) is 0 Å². The number of aliphatic hydroxyl groups is 1. The van der Waals surface area contributed by atoms with E-state index in [9.17, 15) is 14.7 Å². The summed E-state index contributed by atoms with van der Waals surface area (Å²) in [6.07, 6.45) is 2.90. The van der Waals surface area contributed by atoms with Gasteiger partial charge in [-0.3, -0.25) is 9.59 Å². The Labute approximate surface area is 162 Å². The van der Waals surface area contributed by atoms with Crippen LogP contribution in [0.3, 0.4) is 0 Å². The molecule has 2 N–H and O–H groups in total. The molecule has 2 saturated heterocycles. The number of aliphatic hydroxyl groups excluding tert-OH is 1. The summed E-state index contributed by atoms with van der Waals surface area (Å²) in [5.41, 5.74) is 1.53. The lowest BCUT2D eigenvalue weighted by Gasteiger charge is -2.46. The average Bonchev–Trinajstić information content (AvgIpc) is 3.01. The third-order valence-electron chi connectivity index (χ3n) is 5.95. The third-order valence-corrected chi connectivity index (χ3v) is 6.36. The van der Waals surface area contributed by atoms with Crippen LogP contribution in [0.2, 0.25) is 5.02 Å². The Hall–Kier alpha value is -2.05. The first-order valence-corrected chi connectivity index (χ1v) is 9.69. The number of likely N-dealkylation sites (tertiary alicyclic amines) is 1. The lowest BCUT2D eigenvalue weighted by Crippen LogP contribution is -2.62. The summed E-state index contributed by atoms with van der Waals surface area (Å²) in [7, 11) is 0. The summed E-state index contributed by atoms with van der Waals surface area (Å²) >= 11 is 6.22. The maximum absolute atomic E-state index is 12.9. The molecule has 0 saturated carbocycles. The SMILES string of the molecule is Cc1cc2occ(CC(=O)N3CC[C@H](O)[C@@]4(CCCNC4=O)C3)c2cc1Cl. The van der Waals surface area contributed by atoms with Gasteiger partial charge >= 0.3 is 0 Å². The number of fused-ring (bicyclic) bond motifs is 1. The van der Waals surface area contributed by atoms with Crippen LogP contribution in [0.25, 0.3) is 11.0 Å². The van der Waals surface area contributed by atoms with Crippen LogP contribution in [0.15, 0.2) is 22.8 Å². The third kappa shape index (κ3) is 3.11. The lowest BCUT2D eigenvalue weighted by molar-refractivity contribution is -0.154. The lowest BCUT2D eigenvalue weighted by atomic mass is 9.71. The molecule has 144 valence electrons. The second kappa shape index (κ2) is 6.84. The molecule has 7 heteroatoms. The van der Waals surface area contributed by atoms with Crippen LogP contribution in [0.5, 0.6) is 0 Å². The van der Waals surface area contributed by atoms with Crippen molar-refractivity contribution in [3.8, 4) is 0 Å². The van der Waals surface area contributed by atoms with E-state index in [-0.39, 0.29) is 24.8 Å². The highest BCUT2D eigenvalue weighted by Crippen LogP contribution is 2.37. The van der Waals surface area contributed by atoms with Crippen LogP contribution < -0.4 is 5.32 Å². The number of carbonyl (C=O) groups excluding carboxylic acids is 2. The summed E-state index contributed by atoms with van der Waals surface area (Å²) < 4.78 is 5.58. The number of hydrogen-bond donors (Lipinski definition) is 2. The van der Waals surface area contributed by atoms with Gasteiger partial charge in [0.15, 0.2) is 0 Å². The van der Waals surface area contributed by atoms with E-state index >= 15 is 0 Å². The zero-order chi connectivity index (χ0) is 19.2. The van der Waals surface area contributed by atoms with Gasteiger partial charge < -0.3 is 19.7 Å². The Morgan fingerprint density at radius 3 is 3.07 bits per heavy atom. The standard InChI is InChI=1S/C20H23ClN2O4/c1-12-7-16-14(9-15(12)21)13(10-27-16)8-18(25)23-6-3-17(24)20(11-23)4-2-5-22-19(20)26/h7,9-10,17,24H,2-6,8,11H2,1H3,(H,22,26)/t17-,20+/m0/s1. The fraction of sp³-hybridized carbons (Fsp3) is 0.500. The molecule has 2 fully saturated rings. The minimum atomic E-state index is -0.884. The van der Waals surface area contributed by atoms with E-state index in [1.54, 1.807) is 11.2 Å². The van der Waals surface area contributed by atoms with Gasteiger partial charge in [-0.1, -0.05) is 11.6 Å². The number of halogens is 1. The minimum Gasteiger partial charge on any atom is -0.464 e. The zero-order valence-electron chi connectivity index (χ0n) is 15.3. The van der Waals surface area contributed by atoms with Crippen molar-refractivity contribution >= 4 is 34.4 Å². The smallest absolute Gasteiger partial charge is 0.230 e. The predicted octanol–water partition coefficient (Wildman–Crippen LogP) is 2.43. The Morgan fingerprint density at radius 2 is 2.30 bits per heavy atom. The number of benzene rings is 1. The number of furan rings is 1. The first kappa shape index (κ1) is 18.3. The zero-order valence-corrected chi connectivity index (χ0v) is 16.0. The monoisotopic (exact) mass is 390 g/mol. The molecule has 3 heterocycles. The van der Waals surface area contributed by atoms with E-state index in [1.165, 1.54) is 0 Å². The average molecular weight is 391 g/mol. The quantitative estimate of drug-likeness (QED) is 0.825. The Bertz CT molecular complexity index is 909. The number of carbonyl (C=O) groups is 2. The molecule has 2 aliphatic heterocycles. The fourth-order valence-electron chi connectivity index (χ4n) is 4.27. The van der Waals surface area contributed by atoms with Crippen molar-refractivity contribution in [3.63, 3.8) is 0 Å². The first-order chi connectivity index (χ1) is 12.9. The van der Waals surface area contributed by atoms with Gasteiger partial charge in [0, 0.05) is 35.6 Å². The number of rotatable bonds is 2. The van der Waals surface area contributed by atoms with Gasteiger partial charge in [-0.2, -0.15) is 0 Å². The summed E-state index contributed by atoms with van der Waals surface area (Å²) in [6.45, 7) is 3.24. The number of hydrogen-bond acceptors (Lipinski definition) is 4. The number of amides is 2. The molecule has 2 aromatic rings. The van der Waals surface area contributed by atoms with Crippen molar-refractivity contribution in [1.29, 1.82) is 0 Å². The molecule has 0 unspecified atom stereocenters. The first-order valence-electron chi connectivity index (χ1n) is 9.31. The largest absolute Gasteiger partial charge is 0.464 e. The van der Waals surface area contributed by atoms with Crippen LogP contribution in [0, 0.1) is 12.3 Å². The molecule has 2 atom stereocenters. The fourth-order valence-corrected chi connectivity index (χ4v) is 4.43. The molecule has 1 aromatic heterocycles. The topological polar surface area (TPSA) is 82.8 Å². The van der Waals surface area contributed by atoms with Crippen LogP contribution in [0.4, 0.5) is 0 Å². The number of aryl methyl sites for hydroxylation is 1. The highest BCUT2D eigenvalue weighted by Gasteiger charge is 2.50. The van der Waals surface area contributed by atoms with Crippen molar-refractivity contribution in [2.75, 3.05) is 19.6 Å². The summed E-state index contributed by atoms with van der Waals surface area (Å²) in [4.78, 5) is 27.1. The molecule has 1 spiro atoms. The maximum Gasteiger partial charge on any atom is 0.230 e. The molecule has 27 heavy (non-hydrogen) atoms. The second-order valence-electron chi connectivity index (χ2n) is 7.67. The molecule has 0 radical (unpaired) electrons. The molecule has 6 nitrogen and oxygen atoms in total.